The van der Waals surface area contributed by atoms with Gasteiger partial charge in [0.15, 0.2) is 0 Å². The second kappa shape index (κ2) is 6.63. The first kappa shape index (κ1) is 18.2. The van der Waals surface area contributed by atoms with E-state index in [1.807, 2.05) is 20.8 Å². The highest BCUT2D eigenvalue weighted by molar-refractivity contribution is 5.76. The van der Waals surface area contributed by atoms with Crippen LogP contribution in [0.15, 0.2) is 30.3 Å². The number of carboxylic acids is 1. The number of benzene rings is 2. The van der Waals surface area contributed by atoms with Crippen LogP contribution in [0.3, 0.4) is 0 Å². The number of halogens is 1. The maximum atomic E-state index is 13.9. The predicted molar refractivity (Wildman–Crippen MR) is 96.4 cm³/mol. The highest BCUT2D eigenvalue weighted by Gasteiger charge is 2.32. The van der Waals surface area contributed by atoms with Crippen LogP contribution in [-0.2, 0) is 17.8 Å². The Morgan fingerprint density at radius 2 is 2.08 bits per heavy atom. The quantitative estimate of drug-likeness (QED) is 0.848. The van der Waals surface area contributed by atoms with Crippen molar-refractivity contribution in [3.05, 3.63) is 58.4 Å². The van der Waals surface area contributed by atoms with Crippen LogP contribution < -0.4 is 9.47 Å². The summed E-state index contributed by atoms with van der Waals surface area (Å²) < 4.78 is 25.7. The number of hydrogen-bond donors (Lipinski definition) is 1. The molecule has 4 nitrogen and oxygen atoms in total. The Hall–Kier alpha value is -2.56. The summed E-state index contributed by atoms with van der Waals surface area (Å²) in [6.07, 6.45) is 0.661. The zero-order valence-electron chi connectivity index (χ0n) is 15.4. The van der Waals surface area contributed by atoms with E-state index in [9.17, 15) is 9.18 Å². The normalized spacial score (nSPS) is 15.9. The smallest absolute Gasteiger partial charge is 0.310 e. The largest absolute Gasteiger partial charge is 0.489 e. The Morgan fingerprint density at radius 3 is 2.73 bits per heavy atom. The van der Waals surface area contributed by atoms with E-state index in [-0.39, 0.29) is 18.0 Å². The van der Waals surface area contributed by atoms with Crippen LogP contribution in [0.2, 0.25) is 0 Å². The minimum absolute atomic E-state index is 0.184. The Labute approximate surface area is 152 Å². The molecule has 1 aliphatic heterocycles. The van der Waals surface area contributed by atoms with Gasteiger partial charge >= 0.3 is 5.97 Å². The maximum Gasteiger partial charge on any atom is 0.310 e. The zero-order valence-corrected chi connectivity index (χ0v) is 15.4. The van der Waals surface area contributed by atoms with E-state index in [2.05, 4.69) is 0 Å². The molecule has 0 aliphatic carbocycles. The lowest BCUT2D eigenvalue weighted by molar-refractivity contribution is -0.138. The van der Waals surface area contributed by atoms with Crippen molar-refractivity contribution in [2.45, 2.75) is 52.2 Å². The Bertz CT molecular complexity index is 857. The second-order valence-corrected chi connectivity index (χ2v) is 7.46. The van der Waals surface area contributed by atoms with Gasteiger partial charge in [0.25, 0.3) is 0 Å². The fourth-order valence-corrected chi connectivity index (χ4v) is 3.37. The number of aryl methyl sites for hydroxylation is 1. The molecule has 1 aliphatic rings. The monoisotopic (exact) mass is 358 g/mol. The lowest BCUT2D eigenvalue weighted by Crippen LogP contribution is -2.25. The molecular formula is C21H23FO4. The van der Waals surface area contributed by atoms with Gasteiger partial charge in [0, 0.05) is 17.5 Å². The lowest BCUT2D eigenvalue weighted by Gasteiger charge is -2.18. The fourth-order valence-electron chi connectivity index (χ4n) is 3.37. The van der Waals surface area contributed by atoms with Crippen LogP contribution in [0, 0.1) is 12.7 Å². The molecule has 1 unspecified atom stereocenters. The zero-order chi connectivity index (χ0) is 19.1. The predicted octanol–water partition coefficient (Wildman–Crippen LogP) is 4.61. The number of ether oxygens (including phenoxy) is 2. The van der Waals surface area contributed by atoms with Crippen molar-refractivity contribution in [2.75, 3.05) is 0 Å². The van der Waals surface area contributed by atoms with Gasteiger partial charge in [0.1, 0.15) is 29.5 Å². The summed E-state index contributed by atoms with van der Waals surface area (Å²) in [4.78, 5) is 11.2. The van der Waals surface area contributed by atoms with Crippen LogP contribution in [0.5, 0.6) is 11.5 Å². The molecule has 26 heavy (non-hydrogen) atoms. The lowest BCUT2D eigenvalue weighted by atomic mass is 9.96. The van der Waals surface area contributed by atoms with E-state index in [4.69, 9.17) is 14.6 Å². The third-order valence-electron chi connectivity index (χ3n) is 4.67. The number of carbonyl (C=O) groups is 1. The van der Waals surface area contributed by atoms with Gasteiger partial charge in [-0.1, -0.05) is 6.07 Å². The van der Waals surface area contributed by atoms with Gasteiger partial charge < -0.3 is 14.6 Å². The van der Waals surface area contributed by atoms with E-state index in [0.717, 1.165) is 16.7 Å². The molecule has 0 saturated heterocycles. The number of hydrogen-bond acceptors (Lipinski definition) is 3. The maximum absolute atomic E-state index is 13.9. The van der Waals surface area contributed by atoms with Gasteiger partial charge in [-0.05, 0) is 63.1 Å². The molecule has 1 N–H and O–H groups in total. The molecule has 5 heteroatoms. The molecule has 0 fully saturated rings. The highest BCUT2D eigenvalue weighted by Crippen LogP contribution is 2.38. The molecule has 138 valence electrons. The number of carboxylic acid groups (broad SMARTS) is 1. The molecule has 1 heterocycles. The van der Waals surface area contributed by atoms with Gasteiger partial charge in [-0.2, -0.15) is 0 Å². The van der Waals surface area contributed by atoms with E-state index >= 15 is 0 Å². The summed E-state index contributed by atoms with van der Waals surface area (Å²) >= 11 is 0. The third kappa shape index (κ3) is 3.66. The van der Waals surface area contributed by atoms with E-state index in [1.54, 1.807) is 25.1 Å². The highest BCUT2D eigenvalue weighted by atomic mass is 19.1. The van der Waals surface area contributed by atoms with Crippen LogP contribution in [0.1, 0.15) is 48.9 Å². The molecule has 0 saturated carbocycles. The molecule has 0 amide bonds. The van der Waals surface area contributed by atoms with Crippen molar-refractivity contribution >= 4 is 5.97 Å². The van der Waals surface area contributed by atoms with Crippen LogP contribution in [0.25, 0.3) is 0 Å². The summed E-state index contributed by atoms with van der Waals surface area (Å²) in [6.45, 7) is 7.64. The second-order valence-electron chi connectivity index (χ2n) is 7.46. The summed E-state index contributed by atoms with van der Waals surface area (Å²) in [5, 5.41) is 9.16. The van der Waals surface area contributed by atoms with Crippen LogP contribution >= 0.6 is 0 Å². The Balaban J connectivity index is 1.79. The number of aliphatic carboxylic acids is 1. The van der Waals surface area contributed by atoms with Gasteiger partial charge in [-0.15, -0.1) is 0 Å². The first-order valence-electron chi connectivity index (χ1n) is 8.63. The summed E-state index contributed by atoms with van der Waals surface area (Å²) in [7, 11) is 0. The first-order chi connectivity index (χ1) is 12.2. The Kier molecular flexibility index (Phi) is 4.65. The molecule has 0 aromatic heterocycles. The van der Waals surface area contributed by atoms with Gasteiger partial charge in [-0.3, -0.25) is 4.79 Å². The number of fused-ring (bicyclic) bond motifs is 1. The molecule has 2 aromatic rings. The van der Waals surface area contributed by atoms with E-state index < -0.39 is 11.9 Å². The average Bonchev–Trinajstić information content (AvgIpc) is 2.85. The van der Waals surface area contributed by atoms with Crippen molar-refractivity contribution in [1.82, 2.24) is 0 Å². The van der Waals surface area contributed by atoms with Gasteiger partial charge in [-0.25, -0.2) is 4.39 Å². The fraction of sp³-hybridized carbons (Fsp3) is 0.381. The standard InChI is InChI=1S/C21H23FO4/c1-12-7-17(5-6-18(12)13(2)20(23)24)25-11-15-9-16(22)8-14-10-21(3,4)26-19(14)15/h5-9,13H,10-11H2,1-4H3,(H,23,24). The first-order valence-corrected chi connectivity index (χ1v) is 8.63. The van der Waals surface area contributed by atoms with Crippen molar-refractivity contribution in [3.63, 3.8) is 0 Å². The molecule has 0 spiro atoms. The minimum atomic E-state index is -0.864. The van der Waals surface area contributed by atoms with Crippen molar-refractivity contribution in [2.24, 2.45) is 0 Å². The average molecular weight is 358 g/mol. The van der Waals surface area contributed by atoms with Gasteiger partial charge in [0.05, 0.1) is 5.92 Å². The topological polar surface area (TPSA) is 55.8 Å². The van der Waals surface area contributed by atoms with E-state index in [1.165, 1.54) is 12.1 Å². The Morgan fingerprint density at radius 1 is 1.35 bits per heavy atom. The van der Waals surface area contributed by atoms with Crippen molar-refractivity contribution < 1.29 is 23.8 Å². The SMILES string of the molecule is Cc1cc(OCc2cc(F)cc3c2OC(C)(C)C3)ccc1C(C)C(=O)O. The molecule has 1 atom stereocenters. The van der Waals surface area contributed by atoms with Crippen LogP contribution in [0.4, 0.5) is 4.39 Å². The summed E-state index contributed by atoms with van der Waals surface area (Å²) in [6, 6.07) is 8.26. The van der Waals surface area contributed by atoms with Crippen LogP contribution in [-0.4, -0.2) is 16.7 Å². The molecular weight excluding hydrogens is 335 g/mol. The van der Waals surface area contributed by atoms with Gasteiger partial charge in [0.2, 0.25) is 0 Å². The van der Waals surface area contributed by atoms with E-state index in [0.29, 0.717) is 23.5 Å². The molecule has 0 bridgehead atoms. The third-order valence-corrected chi connectivity index (χ3v) is 4.67. The van der Waals surface area contributed by atoms with Crippen molar-refractivity contribution in [3.8, 4) is 11.5 Å². The summed E-state index contributed by atoms with van der Waals surface area (Å²) in [5.74, 6) is -0.433. The molecule has 2 aromatic carbocycles. The minimum Gasteiger partial charge on any atom is -0.489 e. The summed E-state index contributed by atoms with van der Waals surface area (Å²) in [5.41, 5.74) is 2.78. The number of rotatable bonds is 5. The molecule has 3 rings (SSSR count). The van der Waals surface area contributed by atoms with Crippen molar-refractivity contribution in [1.29, 1.82) is 0 Å². The molecule has 0 radical (unpaired) electrons.